The zero-order chi connectivity index (χ0) is 16.5. The molecular weight excluding hydrogens is 340 g/mol. The van der Waals surface area contributed by atoms with Crippen molar-refractivity contribution in [1.29, 1.82) is 0 Å². The molecule has 2 heterocycles. The zero-order valence-corrected chi connectivity index (χ0v) is 15.1. The van der Waals surface area contributed by atoms with E-state index in [2.05, 4.69) is 39.4 Å². The van der Waals surface area contributed by atoms with Crippen molar-refractivity contribution in [3.8, 4) is 0 Å². The van der Waals surface area contributed by atoms with Gasteiger partial charge in [-0.25, -0.2) is 0 Å². The molecule has 2 aliphatic rings. The van der Waals surface area contributed by atoms with Crippen LogP contribution in [0.25, 0.3) is 0 Å². The van der Waals surface area contributed by atoms with Gasteiger partial charge in [-0.1, -0.05) is 29.8 Å². The molecule has 1 aliphatic heterocycles. The van der Waals surface area contributed by atoms with Crippen molar-refractivity contribution in [2.45, 2.75) is 18.9 Å². The van der Waals surface area contributed by atoms with Crippen LogP contribution < -0.4 is 0 Å². The summed E-state index contributed by atoms with van der Waals surface area (Å²) in [6.07, 6.45) is 0.982. The highest BCUT2D eigenvalue weighted by Gasteiger charge is 2.46. The molecule has 0 bridgehead atoms. The van der Waals surface area contributed by atoms with Crippen LogP contribution in [0, 0.1) is 5.92 Å². The smallest absolute Gasteiger partial charge is 0.226 e. The average Bonchev–Trinajstić information content (AvgIpc) is 3.24. The Labute approximate surface area is 151 Å². The SMILES string of the molecule is O=C([C@H]1C[C@@H]1c1ccc(Cl)cc1)N1CCN(Cc2cccs2)CC1. The van der Waals surface area contributed by atoms with Crippen LogP contribution in [-0.2, 0) is 11.3 Å². The predicted octanol–water partition coefficient (Wildman–Crippen LogP) is 3.85. The Hall–Kier alpha value is -1.36. The van der Waals surface area contributed by atoms with E-state index in [4.69, 9.17) is 11.6 Å². The standard InChI is InChI=1S/C19H21ClN2OS/c20-15-5-3-14(4-6-15)17-12-18(17)19(23)22-9-7-21(8-10-22)13-16-2-1-11-24-16/h1-6,11,17-18H,7-10,12-13H2/t17-,18+/m1/s1. The highest BCUT2D eigenvalue weighted by molar-refractivity contribution is 7.09. The maximum absolute atomic E-state index is 12.7. The number of carbonyl (C=O) groups is 1. The van der Waals surface area contributed by atoms with Gasteiger partial charge < -0.3 is 4.90 Å². The Balaban J connectivity index is 1.28. The van der Waals surface area contributed by atoms with E-state index in [0.717, 1.165) is 44.2 Å². The number of thiophene rings is 1. The number of carbonyl (C=O) groups excluding carboxylic acids is 1. The van der Waals surface area contributed by atoms with Gasteiger partial charge in [-0.2, -0.15) is 0 Å². The van der Waals surface area contributed by atoms with Gasteiger partial charge in [0, 0.05) is 48.5 Å². The lowest BCUT2D eigenvalue weighted by Gasteiger charge is -2.34. The maximum atomic E-state index is 12.7. The number of amides is 1. The van der Waals surface area contributed by atoms with Crippen molar-refractivity contribution in [2.24, 2.45) is 5.92 Å². The van der Waals surface area contributed by atoms with Gasteiger partial charge in [-0.15, -0.1) is 11.3 Å². The van der Waals surface area contributed by atoms with Crippen molar-refractivity contribution in [1.82, 2.24) is 9.80 Å². The van der Waals surface area contributed by atoms with Crippen LogP contribution in [0.1, 0.15) is 22.8 Å². The number of benzene rings is 1. The second-order valence-electron chi connectivity index (χ2n) is 6.68. The molecule has 2 fully saturated rings. The first kappa shape index (κ1) is 16.1. The normalized spacial score (nSPS) is 24.1. The molecule has 4 rings (SSSR count). The summed E-state index contributed by atoms with van der Waals surface area (Å²) in [4.78, 5) is 18.6. The summed E-state index contributed by atoms with van der Waals surface area (Å²) in [7, 11) is 0. The van der Waals surface area contributed by atoms with Crippen LogP contribution in [0.2, 0.25) is 5.02 Å². The summed E-state index contributed by atoms with van der Waals surface area (Å²) in [5.41, 5.74) is 1.24. The van der Waals surface area contributed by atoms with Gasteiger partial charge in [0.05, 0.1) is 0 Å². The maximum Gasteiger partial charge on any atom is 0.226 e. The van der Waals surface area contributed by atoms with E-state index >= 15 is 0 Å². The molecular formula is C19H21ClN2OS. The number of halogens is 1. The third-order valence-electron chi connectivity index (χ3n) is 5.05. The second kappa shape index (κ2) is 6.87. The lowest BCUT2D eigenvalue weighted by molar-refractivity contribution is -0.134. The molecule has 2 atom stereocenters. The van der Waals surface area contributed by atoms with Crippen LogP contribution in [0.15, 0.2) is 41.8 Å². The topological polar surface area (TPSA) is 23.6 Å². The zero-order valence-electron chi connectivity index (χ0n) is 13.5. The van der Waals surface area contributed by atoms with Crippen molar-refractivity contribution in [3.05, 3.63) is 57.2 Å². The van der Waals surface area contributed by atoms with E-state index in [1.165, 1.54) is 10.4 Å². The summed E-state index contributed by atoms with van der Waals surface area (Å²) < 4.78 is 0. The molecule has 0 radical (unpaired) electrons. The lowest BCUT2D eigenvalue weighted by Crippen LogP contribution is -2.48. The molecule has 0 spiro atoms. The predicted molar refractivity (Wildman–Crippen MR) is 98.5 cm³/mol. The van der Waals surface area contributed by atoms with Crippen LogP contribution in [0.4, 0.5) is 0 Å². The fourth-order valence-corrected chi connectivity index (χ4v) is 4.40. The van der Waals surface area contributed by atoms with E-state index < -0.39 is 0 Å². The van der Waals surface area contributed by atoms with Gasteiger partial charge in [-0.05, 0) is 41.5 Å². The Kier molecular flexibility index (Phi) is 4.61. The third-order valence-corrected chi connectivity index (χ3v) is 6.16. The van der Waals surface area contributed by atoms with Crippen molar-refractivity contribution in [3.63, 3.8) is 0 Å². The summed E-state index contributed by atoms with van der Waals surface area (Å²) in [6, 6.07) is 12.2. The van der Waals surface area contributed by atoms with E-state index in [9.17, 15) is 4.79 Å². The lowest BCUT2D eigenvalue weighted by atomic mass is 10.1. The monoisotopic (exact) mass is 360 g/mol. The number of hydrogen-bond acceptors (Lipinski definition) is 3. The Morgan fingerprint density at radius 2 is 1.88 bits per heavy atom. The van der Waals surface area contributed by atoms with Gasteiger partial charge >= 0.3 is 0 Å². The van der Waals surface area contributed by atoms with Gasteiger partial charge in [0.15, 0.2) is 0 Å². The quantitative estimate of drug-likeness (QED) is 0.826. The first-order valence-electron chi connectivity index (χ1n) is 8.50. The fraction of sp³-hybridized carbons (Fsp3) is 0.421. The largest absolute Gasteiger partial charge is 0.340 e. The molecule has 1 aromatic heterocycles. The number of hydrogen-bond donors (Lipinski definition) is 0. The minimum Gasteiger partial charge on any atom is -0.340 e. The van der Waals surface area contributed by atoms with E-state index in [0.29, 0.717) is 11.8 Å². The molecule has 1 saturated heterocycles. The van der Waals surface area contributed by atoms with Crippen LogP contribution in [0.3, 0.4) is 0 Å². The fourth-order valence-electron chi connectivity index (χ4n) is 3.53. The summed E-state index contributed by atoms with van der Waals surface area (Å²) in [5, 5.41) is 2.88. The first-order chi connectivity index (χ1) is 11.7. The second-order valence-corrected chi connectivity index (χ2v) is 8.15. The summed E-state index contributed by atoms with van der Waals surface area (Å²) in [6.45, 7) is 4.67. The van der Waals surface area contributed by atoms with Crippen LogP contribution >= 0.6 is 22.9 Å². The highest BCUT2D eigenvalue weighted by Crippen LogP contribution is 2.48. The van der Waals surface area contributed by atoms with Crippen molar-refractivity contribution in [2.75, 3.05) is 26.2 Å². The Morgan fingerprint density at radius 3 is 2.54 bits per heavy atom. The molecule has 1 aliphatic carbocycles. The summed E-state index contributed by atoms with van der Waals surface area (Å²) in [5.74, 6) is 0.902. The van der Waals surface area contributed by atoms with Crippen LogP contribution in [0.5, 0.6) is 0 Å². The molecule has 24 heavy (non-hydrogen) atoms. The number of nitrogens with zero attached hydrogens (tertiary/aromatic N) is 2. The van der Waals surface area contributed by atoms with Gasteiger partial charge in [0.25, 0.3) is 0 Å². The van der Waals surface area contributed by atoms with E-state index in [-0.39, 0.29) is 5.92 Å². The Bertz CT molecular complexity index is 693. The van der Waals surface area contributed by atoms with Gasteiger partial charge in [-0.3, -0.25) is 9.69 Å². The van der Waals surface area contributed by atoms with Crippen LogP contribution in [-0.4, -0.2) is 41.9 Å². The van der Waals surface area contributed by atoms with E-state index in [1.807, 2.05) is 12.1 Å². The molecule has 126 valence electrons. The third kappa shape index (κ3) is 3.51. The summed E-state index contributed by atoms with van der Waals surface area (Å²) >= 11 is 7.75. The minimum absolute atomic E-state index is 0.176. The molecule has 2 aromatic rings. The molecule has 1 amide bonds. The van der Waals surface area contributed by atoms with E-state index in [1.54, 1.807) is 11.3 Å². The van der Waals surface area contributed by atoms with Crippen molar-refractivity contribution >= 4 is 28.8 Å². The molecule has 1 aromatic carbocycles. The minimum atomic E-state index is 0.176. The average molecular weight is 361 g/mol. The van der Waals surface area contributed by atoms with Gasteiger partial charge in [0.1, 0.15) is 0 Å². The van der Waals surface area contributed by atoms with Gasteiger partial charge in [0.2, 0.25) is 5.91 Å². The molecule has 1 saturated carbocycles. The first-order valence-corrected chi connectivity index (χ1v) is 9.75. The molecule has 0 unspecified atom stereocenters. The number of rotatable bonds is 4. The Morgan fingerprint density at radius 1 is 1.12 bits per heavy atom. The number of piperazine rings is 1. The molecule has 3 nitrogen and oxygen atoms in total. The highest BCUT2D eigenvalue weighted by atomic mass is 35.5. The molecule has 5 heteroatoms. The van der Waals surface area contributed by atoms with Crippen molar-refractivity contribution < 1.29 is 4.79 Å². The molecule has 0 N–H and O–H groups in total.